The molecule has 4 fully saturated rings. The van der Waals surface area contributed by atoms with Crippen molar-refractivity contribution in [2.24, 2.45) is 0 Å². The molecule has 3 N–H and O–H groups in total. The van der Waals surface area contributed by atoms with Gasteiger partial charge in [-0.05, 0) is 90.6 Å². The number of carbonyl (C=O) groups is 3. The largest absolute Gasteiger partial charge is 0.436 e. The summed E-state index contributed by atoms with van der Waals surface area (Å²) in [7, 11) is 2.21. The molecule has 3 atom stereocenters. The molecule has 2 bridgehead atoms. The number of hydrogen-bond acceptors (Lipinski definition) is 8. The average molecular weight is 783 g/mol. The Balaban J connectivity index is 1.02. The van der Waals surface area contributed by atoms with Crippen molar-refractivity contribution in [3.05, 3.63) is 44.1 Å². The van der Waals surface area contributed by atoms with Gasteiger partial charge in [-0.2, -0.15) is 13.2 Å². The van der Waals surface area contributed by atoms with Gasteiger partial charge in [-0.3, -0.25) is 9.69 Å². The van der Waals surface area contributed by atoms with Crippen LogP contribution in [0.25, 0.3) is 0 Å². The van der Waals surface area contributed by atoms with Crippen LogP contribution in [0.4, 0.5) is 34.1 Å². The number of rotatable bonds is 6. The van der Waals surface area contributed by atoms with Crippen LogP contribution in [0.2, 0.25) is 0 Å². The Labute approximate surface area is 302 Å². The van der Waals surface area contributed by atoms with Crippen LogP contribution in [0.1, 0.15) is 54.5 Å². The first-order valence-corrected chi connectivity index (χ1v) is 19.0. The number of alkyl halides is 3. The molecular formula is C34H43BrF3N7O4S. The van der Waals surface area contributed by atoms with Gasteiger partial charge < -0.3 is 35.4 Å². The number of nitrogen functional groups attached to an aromatic ring is 1. The highest BCUT2D eigenvalue weighted by atomic mass is 79.9. The Morgan fingerprint density at radius 1 is 1.00 bits per heavy atom. The van der Waals surface area contributed by atoms with Crippen LogP contribution < -0.4 is 11.1 Å². The molecule has 1 aromatic heterocycles. The summed E-state index contributed by atoms with van der Waals surface area (Å²) in [5, 5.41) is 4.87. The number of benzene rings is 1. The Bertz CT molecular complexity index is 1600. The number of likely N-dealkylation sites (tertiary alicyclic amines) is 1. The molecular weight excluding hydrogens is 739 g/mol. The third-order valence-electron chi connectivity index (χ3n) is 11.4. The smallest absolute Gasteiger partial charge is 0.418 e. The van der Waals surface area contributed by atoms with Crippen molar-refractivity contribution >= 4 is 56.7 Å². The molecule has 5 aliphatic rings. The summed E-state index contributed by atoms with van der Waals surface area (Å²) in [6.45, 7) is 3.41. The highest BCUT2D eigenvalue weighted by Crippen LogP contribution is 2.39. The molecule has 5 aliphatic heterocycles. The number of nitrogens with two attached hydrogens (primary N) is 1. The maximum absolute atomic E-state index is 14.1. The van der Waals surface area contributed by atoms with E-state index in [1.807, 2.05) is 11.4 Å². The van der Waals surface area contributed by atoms with Gasteiger partial charge in [0.2, 0.25) is 0 Å². The number of nitrogens with one attached hydrogen (secondary N) is 1. The number of urea groups is 1. The second-order valence-electron chi connectivity index (χ2n) is 14.2. The Kier molecular flexibility index (Phi) is 10.00. The number of thiophene rings is 1. The van der Waals surface area contributed by atoms with E-state index < -0.39 is 35.5 Å². The Morgan fingerprint density at radius 2 is 1.68 bits per heavy atom. The number of amides is 4. The van der Waals surface area contributed by atoms with Gasteiger partial charge in [-0.15, -0.1) is 11.3 Å². The van der Waals surface area contributed by atoms with E-state index in [0.29, 0.717) is 76.8 Å². The van der Waals surface area contributed by atoms with Crippen LogP contribution in [-0.2, 0) is 28.7 Å². The average Bonchev–Trinajstić information content (AvgIpc) is 3.61. The van der Waals surface area contributed by atoms with Crippen LogP contribution in [0.3, 0.4) is 0 Å². The third-order valence-corrected chi connectivity index (χ3v) is 12.9. The first kappa shape index (κ1) is 35.3. The van der Waals surface area contributed by atoms with Gasteiger partial charge >= 0.3 is 18.3 Å². The molecule has 0 saturated carbocycles. The van der Waals surface area contributed by atoms with Gasteiger partial charge in [0, 0.05) is 79.2 Å². The first-order chi connectivity index (χ1) is 23.9. The van der Waals surface area contributed by atoms with Gasteiger partial charge in [0.15, 0.2) is 6.10 Å². The fourth-order valence-electron chi connectivity index (χ4n) is 8.45. The van der Waals surface area contributed by atoms with Crippen LogP contribution in [-0.4, -0.2) is 119 Å². The normalized spacial score (nSPS) is 25.7. The molecule has 2 aromatic rings. The van der Waals surface area contributed by atoms with Crippen molar-refractivity contribution in [3.63, 3.8) is 0 Å². The van der Waals surface area contributed by atoms with Crippen LogP contribution in [0, 0.1) is 0 Å². The first-order valence-electron chi connectivity index (χ1n) is 17.3. The molecule has 50 heavy (non-hydrogen) atoms. The lowest BCUT2D eigenvalue weighted by Gasteiger charge is -2.45. The molecule has 6 heterocycles. The van der Waals surface area contributed by atoms with Crippen LogP contribution >= 0.6 is 27.3 Å². The van der Waals surface area contributed by atoms with Crippen LogP contribution in [0.15, 0.2) is 28.1 Å². The molecule has 4 amide bonds. The maximum Gasteiger partial charge on any atom is 0.418 e. The van der Waals surface area contributed by atoms with E-state index in [4.69, 9.17) is 10.5 Å². The van der Waals surface area contributed by atoms with Gasteiger partial charge in [-0.25, -0.2) is 9.59 Å². The minimum Gasteiger partial charge on any atom is -0.436 e. The van der Waals surface area contributed by atoms with E-state index in [9.17, 15) is 27.6 Å². The van der Waals surface area contributed by atoms with E-state index in [1.165, 1.54) is 23.8 Å². The highest BCUT2D eigenvalue weighted by molar-refractivity contribution is 9.10. The van der Waals surface area contributed by atoms with Gasteiger partial charge in [0.25, 0.3) is 5.91 Å². The zero-order valence-corrected chi connectivity index (χ0v) is 30.4. The summed E-state index contributed by atoms with van der Waals surface area (Å²) in [5.74, 6) is -0.422. The number of carbonyl (C=O) groups excluding carboxylic acids is 3. The quantitative estimate of drug-likeness (QED) is 0.376. The summed E-state index contributed by atoms with van der Waals surface area (Å²) in [6, 6.07) is 5.67. The summed E-state index contributed by atoms with van der Waals surface area (Å²) in [4.78, 5) is 51.5. The molecule has 7 rings (SSSR count). The van der Waals surface area contributed by atoms with Crippen molar-refractivity contribution in [2.75, 3.05) is 57.4 Å². The second-order valence-corrected chi connectivity index (χ2v) is 16.0. The molecule has 2 unspecified atom stereocenters. The summed E-state index contributed by atoms with van der Waals surface area (Å²) in [6.07, 6.45) is -1.23. The Hall–Kier alpha value is -3.08. The molecule has 0 radical (unpaired) electrons. The number of anilines is 2. The van der Waals surface area contributed by atoms with Gasteiger partial charge in [0.05, 0.1) is 23.5 Å². The highest BCUT2D eigenvalue weighted by Gasteiger charge is 2.42. The lowest BCUT2D eigenvalue weighted by atomic mass is 9.96. The molecule has 0 aliphatic carbocycles. The number of ether oxygens (including phenoxy) is 1. The zero-order valence-electron chi connectivity index (χ0n) is 28.0. The number of halogens is 4. The fourth-order valence-corrected chi connectivity index (χ4v) is 9.79. The summed E-state index contributed by atoms with van der Waals surface area (Å²) >= 11 is 4.72. The number of fused-ring (bicyclic) bond motifs is 3. The number of piperazine rings is 1. The van der Waals surface area contributed by atoms with Crippen molar-refractivity contribution in [1.82, 2.24) is 24.5 Å². The van der Waals surface area contributed by atoms with Crippen molar-refractivity contribution in [1.29, 1.82) is 0 Å². The molecule has 4 saturated heterocycles. The lowest BCUT2D eigenvalue weighted by Crippen LogP contribution is -2.57. The predicted octanol–water partition coefficient (Wildman–Crippen LogP) is 5.44. The summed E-state index contributed by atoms with van der Waals surface area (Å²) in [5.41, 5.74) is 5.30. The van der Waals surface area contributed by atoms with Crippen LogP contribution in [0.5, 0.6) is 0 Å². The fraction of sp³-hybridized carbons (Fsp3) is 0.618. The standard InChI is InChI=1S/C34H43BrF3N7O4S/c1-41-22-2-3-23(41)18-24(17-22)42-9-11-43(12-10-42)31(46)28(16-20-14-25(34(36,37)38)30(39)26(35)15-20)49-33(48)44-7-4-21(5-8-44)45-19-29-27(6-13-50-29)40-32(45)47/h6,13-15,21-24,28H,2-5,7-12,16-19,39H2,1H3,(H,40,47)/t22?,23?,24?,28-/m1/s1. The van der Waals surface area contributed by atoms with E-state index >= 15 is 0 Å². The summed E-state index contributed by atoms with van der Waals surface area (Å²) < 4.78 is 47.5. The van der Waals surface area contributed by atoms with E-state index in [2.05, 4.69) is 38.1 Å². The van der Waals surface area contributed by atoms with E-state index in [-0.39, 0.29) is 28.5 Å². The number of hydrogen-bond donors (Lipinski definition) is 2. The molecule has 1 aromatic carbocycles. The second kappa shape index (κ2) is 14.2. The predicted molar refractivity (Wildman–Crippen MR) is 187 cm³/mol. The van der Waals surface area contributed by atoms with E-state index in [1.54, 1.807) is 21.1 Å². The third kappa shape index (κ3) is 7.17. The maximum atomic E-state index is 14.1. The molecule has 11 nitrogen and oxygen atoms in total. The van der Waals surface area contributed by atoms with E-state index in [0.717, 1.165) is 29.5 Å². The topological polar surface area (TPSA) is 115 Å². The Morgan fingerprint density at radius 3 is 2.34 bits per heavy atom. The molecule has 16 heteroatoms. The number of nitrogens with zero attached hydrogens (tertiary/aromatic N) is 5. The zero-order chi connectivity index (χ0) is 35.3. The minimum absolute atomic E-state index is 0.0547. The molecule has 0 spiro atoms. The van der Waals surface area contributed by atoms with Gasteiger partial charge in [-0.1, -0.05) is 0 Å². The lowest BCUT2D eigenvalue weighted by molar-refractivity contribution is -0.143. The number of piperidine rings is 2. The van der Waals surface area contributed by atoms with Crippen molar-refractivity contribution in [2.45, 2.75) is 87.9 Å². The minimum atomic E-state index is -4.71. The molecule has 272 valence electrons. The van der Waals surface area contributed by atoms with Gasteiger partial charge in [0.1, 0.15) is 0 Å². The SMILES string of the molecule is CN1C2CCC1CC(N1CCN(C(=O)[C@@H](Cc3cc(Br)c(N)c(C(F)(F)F)c3)OC(=O)N3CCC(N4Cc5sccc5NC4=O)CC3)CC1)C2. The van der Waals surface area contributed by atoms with Crippen molar-refractivity contribution in [3.8, 4) is 0 Å². The van der Waals surface area contributed by atoms with Crippen molar-refractivity contribution < 1.29 is 32.3 Å². The monoisotopic (exact) mass is 781 g/mol.